The van der Waals surface area contributed by atoms with Gasteiger partial charge in [0.2, 0.25) is 11.8 Å². The largest absolute Gasteiger partial charge is 0.369 e. The fourth-order valence-corrected chi connectivity index (χ4v) is 2.32. The third kappa shape index (κ3) is 5.97. The first-order chi connectivity index (χ1) is 8.61. The molecule has 4 nitrogen and oxygen atoms in total. The molecule has 0 radical (unpaired) electrons. The molecule has 0 aromatic heterocycles. The molecule has 0 aliphatic carbocycles. The number of rotatable bonds is 7. The van der Waals surface area contributed by atoms with Gasteiger partial charge in [-0.05, 0) is 30.5 Å². The first-order valence-corrected chi connectivity index (χ1v) is 7.79. The Labute approximate surface area is 115 Å². The minimum absolute atomic E-state index is 0.0520. The van der Waals surface area contributed by atoms with Crippen LogP contribution in [0.2, 0.25) is 0 Å². The predicted molar refractivity (Wildman–Crippen MR) is 78.0 cm³/mol. The highest BCUT2D eigenvalue weighted by Gasteiger charge is 2.03. The van der Waals surface area contributed by atoms with Crippen LogP contribution in [-0.2, 0) is 9.59 Å². The summed E-state index contributed by atoms with van der Waals surface area (Å²) >= 11 is 3.02. The quantitative estimate of drug-likeness (QED) is 0.593. The molecule has 3 N–H and O–H groups in total. The SMILES string of the molecule is CSc1ccc(NC(=O)CCSCC(N)=O)cc1. The van der Waals surface area contributed by atoms with Crippen molar-refractivity contribution in [2.45, 2.75) is 11.3 Å². The summed E-state index contributed by atoms with van der Waals surface area (Å²) in [4.78, 5) is 23.2. The molecule has 1 aromatic carbocycles. The van der Waals surface area contributed by atoms with E-state index in [0.29, 0.717) is 12.2 Å². The number of nitrogens with one attached hydrogen (secondary N) is 1. The molecule has 98 valence electrons. The molecule has 0 bridgehead atoms. The van der Waals surface area contributed by atoms with Crippen LogP contribution in [0.4, 0.5) is 5.69 Å². The Balaban J connectivity index is 2.28. The van der Waals surface area contributed by atoms with Crippen molar-refractivity contribution in [3.63, 3.8) is 0 Å². The van der Waals surface area contributed by atoms with E-state index in [1.807, 2.05) is 30.5 Å². The van der Waals surface area contributed by atoms with Crippen LogP contribution in [0.15, 0.2) is 29.2 Å². The maximum Gasteiger partial charge on any atom is 0.227 e. The number of nitrogens with two attached hydrogens (primary N) is 1. The second-order valence-electron chi connectivity index (χ2n) is 3.55. The van der Waals surface area contributed by atoms with Crippen LogP contribution >= 0.6 is 23.5 Å². The van der Waals surface area contributed by atoms with Crippen molar-refractivity contribution in [3.05, 3.63) is 24.3 Å². The number of anilines is 1. The molecule has 0 saturated heterocycles. The Kier molecular flexibility index (Phi) is 6.67. The van der Waals surface area contributed by atoms with Crippen molar-refractivity contribution >= 4 is 41.0 Å². The summed E-state index contributed by atoms with van der Waals surface area (Å²) in [6.07, 6.45) is 2.38. The van der Waals surface area contributed by atoms with Gasteiger partial charge in [0, 0.05) is 22.8 Å². The molecule has 0 atom stereocenters. The lowest BCUT2D eigenvalue weighted by molar-refractivity contribution is -0.116. The maximum atomic E-state index is 11.6. The maximum absolute atomic E-state index is 11.6. The third-order valence-corrected chi connectivity index (χ3v) is 3.82. The number of hydrogen-bond acceptors (Lipinski definition) is 4. The van der Waals surface area contributed by atoms with Gasteiger partial charge >= 0.3 is 0 Å². The van der Waals surface area contributed by atoms with Gasteiger partial charge in [-0.25, -0.2) is 0 Å². The van der Waals surface area contributed by atoms with Gasteiger partial charge in [0.1, 0.15) is 0 Å². The van der Waals surface area contributed by atoms with Crippen LogP contribution in [0, 0.1) is 0 Å². The smallest absolute Gasteiger partial charge is 0.227 e. The molecular weight excluding hydrogens is 268 g/mol. The first-order valence-electron chi connectivity index (χ1n) is 5.42. The van der Waals surface area contributed by atoms with Crippen LogP contribution in [0.1, 0.15) is 6.42 Å². The molecule has 1 rings (SSSR count). The van der Waals surface area contributed by atoms with Gasteiger partial charge in [-0.15, -0.1) is 11.8 Å². The highest BCUT2D eigenvalue weighted by Crippen LogP contribution is 2.17. The number of hydrogen-bond donors (Lipinski definition) is 2. The zero-order valence-corrected chi connectivity index (χ0v) is 11.8. The molecule has 0 aliphatic rings. The van der Waals surface area contributed by atoms with E-state index < -0.39 is 0 Å². The van der Waals surface area contributed by atoms with E-state index in [9.17, 15) is 9.59 Å². The van der Waals surface area contributed by atoms with Crippen molar-refractivity contribution in [2.24, 2.45) is 5.73 Å². The zero-order valence-electron chi connectivity index (χ0n) is 10.1. The van der Waals surface area contributed by atoms with E-state index >= 15 is 0 Å². The topological polar surface area (TPSA) is 72.2 Å². The monoisotopic (exact) mass is 284 g/mol. The van der Waals surface area contributed by atoms with Gasteiger partial charge in [-0.2, -0.15) is 11.8 Å². The summed E-state index contributed by atoms with van der Waals surface area (Å²) in [6, 6.07) is 7.67. The van der Waals surface area contributed by atoms with Crippen LogP contribution in [0.25, 0.3) is 0 Å². The number of benzene rings is 1. The third-order valence-electron chi connectivity index (χ3n) is 2.09. The molecule has 1 aromatic rings. The Morgan fingerprint density at radius 3 is 2.50 bits per heavy atom. The Morgan fingerprint density at radius 1 is 1.28 bits per heavy atom. The molecule has 0 heterocycles. The van der Waals surface area contributed by atoms with Gasteiger partial charge in [-0.1, -0.05) is 0 Å². The predicted octanol–water partition coefficient (Wildman–Crippen LogP) is 1.96. The van der Waals surface area contributed by atoms with Gasteiger partial charge in [0.15, 0.2) is 0 Å². The fraction of sp³-hybridized carbons (Fsp3) is 0.333. The lowest BCUT2D eigenvalue weighted by Gasteiger charge is -2.05. The molecule has 6 heteroatoms. The van der Waals surface area contributed by atoms with Crippen molar-refractivity contribution in [2.75, 3.05) is 23.1 Å². The summed E-state index contributed by atoms with van der Waals surface area (Å²) in [5, 5.41) is 2.80. The van der Waals surface area contributed by atoms with Crippen LogP contribution < -0.4 is 11.1 Å². The molecule has 0 spiro atoms. The van der Waals surface area contributed by atoms with E-state index in [1.54, 1.807) is 11.8 Å². The van der Waals surface area contributed by atoms with E-state index in [4.69, 9.17) is 5.73 Å². The van der Waals surface area contributed by atoms with E-state index in [-0.39, 0.29) is 17.6 Å². The number of thioether (sulfide) groups is 2. The van der Waals surface area contributed by atoms with Crippen molar-refractivity contribution in [1.29, 1.82) is 0 Å². The highest BCUT2D eigenvalue weighted by atomic mass is 32.2. The molecular formula is C12H16N2O2S2. The van der Waals surface area contributed by atoms with Gasteiger partial charge in [0.05, 0.1) is 5.75 Å². The minimum Gasteiger partial charge on any atom is -0.369 e. The minimum atomic E-state index is -0.354. The van der Waals surface area contributed by atoms with Crippen LogP contribution in [0.5, 0.6) is 0 Å². The van der Waals surface area contributed by atoms with Crippen molar-refractivity contribution in [1.82, 2.24) is 0 Å². The molecule has 0 unspecified atom stereocenters. The highest BCUT2D eigenvalue weighted by molar-refractivity contribution is 7.99. The number of primary amides is 1. The second-order valence-corrected chi connectivity index (χ2v) is 5.53. The Morgan fingerprint density at radius 2 is 1.94 bits per heavy atom. The number of amides is 2. The van der Waals surface area contributed by atoms with Gasteiger partial charge < -0.3 is 11.1 Å². The summed E-state index contributed by atoms with van der Waals surface area (Å²) in [6.45, 7) is 0. The number of carbonyl (C=O) groups excluding carboxylic acids is 2. The van der Waals surface area contributed by atoms with Gasteiger partial charge in [0.25, 0.3) is 0 Å². The molecule has 18 heavy (non-hydrogen) atoms. The molecule has 0 fully saturated rings. The molecule has 0 saturated carbocycles. The zero-order chi connectivity index (χ0) is 13.4. The molecule has 0 aliphatic heterocycles. The number of carbonyl (C=O) groups is 2. The average molecular weight is 284 g/mol. The fourth-order valence-electron chi connectivity index (χ4n) is 1.24. The summed E-state index contributed by atoms with van der Waals surface area (Å²) in [5.41, 5.74) is 5.79. The average Bonchev–Trinajstić information content (AvgIpc) is 2.35. The second kappa shape index (κ2) is 8.05. The van der Waals surface area contributed by atoms with Crippen LogP contribution in [0.3, 0.4) is 0 Å². The lowest BCUT2D eigenvalue weighted by atomic mass is 10.3. The Bertz CT molecular complexity index is 407. The van der Waals surface area contributed by atoms with Crippen molar-refractivity contribution in [3.8, 4) is 0 Å². The standard InChI is InChI=1S/C12H16N2O2S2/c1-17-10-4-2-9(3-5-10)14-12(16)6-7-18-8-11(13)15/h2-5H,6-8H2,1H3,(H2,13,15)(H,14,16). The Hall–Kier alpha value is -1.14. The summed E-state index contributed by atoms with van der Waals surface area (Å²) < 4.78 is 0. The molecule has 2 amide bonds. The summed E-state index contributed by atoms with van der Waals surface area (Å²) in [7, 11) is 0. The van der Waals surface area contributed by atoms with Gasteiger partial charge in [-0.3, -0.25) is 9.59 Å². The van der Waals surface area contributed by atoms with E-state index in [2.05, 4.69) is 5.32 Å². The van der Waals surface area contributed by atoms with Crippen LogP contribution in [-0.4, -0.2) is 29.6 Å². The van der Waals surface area contributed by atoms with E-state index in [0.717, 1.165) is 10.6 Å². The first kappa shape index (κ1) is 14.9. The lowest BCUT2D eigenvalue weighted by Crippen LogP contribution is -2.15. The van der Waals surface area contributed by atoms with Crippen molar-refractivity contribution < 1.29 is 9.59 Å². The summed E-state index contributed by atoms with van der Waals surface area (Å²) in [5.74, 6) is 0.449. The van der Waals surface area contributed by atoms with E-state index in [1.165, 1.54) is 11.8 Å². The normalized spacial score (nSPS) is 10.1.